The zero-order chi connectivity index (χ0) is 22.9. The molecule has 0 bridgehead atoms. The van der Waals surface area contributed by atoms with E-state index in [2.05, 4.69) is 27.8 Å². The third-order valence-electron chi connectivity index (χ3n) is 5.48. The number of thioether (sulfide) groups is 1. The lowest BCUT2D eigenvalue weighted by molar-refractivity contribution is -0.137. The maximum atomic E-state index is 12.9. The van der Waals surface area contributed by atoms with Gasteiger partial charge in [0.25, 0.3) is 0 Å². The maximum absolute atomic E-state index is 12.9. The predicted octanol–water partition coefficient (Wildman–Crippen LogP) is 5.90. The van der Waals surface area contributed by atoms with E-state index in [1.54, 1.807) is 11.3 Å². The molecule has 1 atom stereocenters. The quantitative estimate of drug-likeness (QED) is 0.446. The van der Waals surface area contributed by atoms with Crippen LogP contribution >= 0.6 is 23.1 Å². The van der Waals surface area contributed by atoms with Gasteiger partial charge in [0, 0.05) is 28.1 Å². The number of fused-ring (bicyclic) bond motifs is 1. The first-order valence-electron chi connectivity index (χ1n) is 10.4. The molecule has 0 fully saturated rings. The molecule has 1 aromatic carbocycles. The van der Waals surface area contributed by atoms with Crippen LogP contribution in [-0.4, -0.2) is 26.4 Å². The second kappa shape index (κ2) is 9.27. The van der Waals surface area contributed by atoms with Gasteiger partial charge in [-0.1, -0.05) is 24.8 Å². The summed E-state index contributed by atoms with van der Waals surface area (Å²) in [5, 5.41) is 14.0. The fourth-order valence-corrected chi connectivity index (χ4v) is 5.89. The van der Waals surface area contributed by atoms with Crippen molar-refractivity contribution in [3.05, 3.63) is 45.6 Å². The van der Waals surface area contributed by atoms with E-state index in [0.717, 1.165) is 42.8 Å². The Morgan fingerprint density at radius 1 is 1.34 bits per heavy atom. The smallest absolute Gasteiger partial charge is 0.325 e. The molecular weight excluding hydrogens is 457 g/mol. The molecule has 2 heterocycles. The van der Waals surface area contributed by atoms with Crippen molar-refractivity contribution in [1.82, 2.24) is 14.8 Å². The number of amides is 1. The van der Waals surface area contributed by atoms with Gasteiger partial charge in [-0.2, -0.15) is 13.2 Å². The highest BCUT2D eigenvalue weighted by molar-refractivity contribution is 7.99. The number of hydrogen-bond donors (Lipinski definition) is 1. The average Bonchev–Trinajstić information content (AvgIpc) is 3.34. The van der Waals surface area contributed by atoms with E-state index in [-0.39, 0.29) is 11.4 Å². The molecule has 10 heteroatoms. The van der Waals surface area contributed by atoms with Gasteiger partial charge in [-0.05, 0) is 55.9 Å². The molecule has 32 heavy (non-hydrogen) atoms. The van der Waals surface area contributed by atoms with Crippen LogP contribution in [0, 0.1) is 5.92 Å². The molecule has 1 unspecified atom stereocenters. The van der Waals surface area contributed by atoms with Crippen molar-refractivity contribution in [3.63, 3.8) is 0 Å². The molecule has 3 aromatic rings. The van der Waals surface area contributed by atoms with Crippen molar-refractivity contribution in [1.29, 1.82) is 0 Å². The number of thiophene rings is 1. The number of nitrogens with zero attached hydrogens (tertiary/aromatic N) is 3. The maximum Gasteiger partial charge on any atom is 0.416 e. The molecule has 1 N–H and O–H groups in total. The van der Waals surface area contributed by atoms with Crippen LogP contribution in [0.1, 0.15) is 36.3 Å². The minimum atomic E-state index is -4.46. The summed E-state index contributed by atoms with van der Waals surface area (Å²) in [7, 11) is 0. The van der Waals surface area contributed by atoms with E-state index in [1.165, 1.54) is 34.3 Å². The number of rotatable bonds is 6. The van der Waals surface area contributed by atoms with Crippen LogP contribution < -0.4 is 5.32 Å². The van der Waals surface area contributed by atoms with Crippen LogP contribution in [0.5, 0.6) is 0 Å². The van der Waals surface area contributed by atoms with E-state index in [0.29, 0.717) is 17.6 Å². The van der Waals surface area contributed by atoms with Gasteiger partial charge in [0.2, 0.25) is 5.91 Å². The van der Waals surface area contributed by atoms with Crippen LogP contribution in [0.2, 0.25) is 0 Å². The van der Waals surface area contributed by atoms with Gasteiger partial charge in [0.15, 0.2) is 11.0 Å². The normalized spacial score (nSPS) is 16.1. The number of halogens is 3. The van der Waals surface area contributed by atoms with Gasteiger partial charge in [-0.15, -0.1) is 21.5 Å². The van der Waals surface area contributed by atoms with Crippen molar-refractivity contribution >= 4 is 34.7 Å². The Kier molecular flexibility index (Phi) is 6.62. The average molecular weight is 481 g/mol. The number of nitrogens with one attached hydrogen (secondary N) is 1. The van der Waals surface area contributed by atoms with E-state index < -0.39 is 17.6 Å². The van der Waals surface area contributed by atoms with Gasteiger partial charge < -0.3 is 9.88 Å². The number of anilines is 1. The standard InChI is InChI=1S/C22H23F3N4OS2/c1-3-29-20(17-11-31-18-9-13(2)7-8-16(17)18)27-28-21(29)32-12-19(30)26-15-6-4-5-14(10-15)22(23,24)25/h4-6,10-11,13H,3,7-9,12H2,1-2H3,(H,26,30). The number of aromatic nitrogens is 3. The summed E-state index contributed by atoms with van der Waals surface area (Å²) in [6.07, 6.45) is -1.16. The molecular formula is C22H23F3N4OS2. The molecule has 0 aliphatic heterocycles. The molecule has 0 saturated heterocycles. The molecule has 5 nitrogen and oxygen atoms in total. The zero-order valence-electron chi connectivity index (χ0n) is 17.7. The van der Waals surface area contributed by atoms with Crippen molar-refractivity contribution < 1.29 is 18.0 Å². The van der Waals surface area contributed by atoms with E-state index in [1.807, 2.05) is 11.5 Å². The van der Waals surface area contributed by atoms with Crippen molar-refractivity contribution in [3.8, 4) is 11.4 Å². The first-order chi connectivity index (χ1) is 15.3. The van der Waals surface area contributed by atoms with Crippen LogP contribution in [0.15, 0.2) is 34.8 Å². The first-order valence-corrected chi connectivity index (χ1v) is 12.3. The topological polar surface area (TPSA) is 59.8 Å². The first kappa shape index (κ1) is 22.8. The van der Waals surface area contributed by atoms with Crippen molar-refractivity contribution in [2.45, 2.75) is 51.0 Å². The highest BCUT2D eigenvalue weighted by Crippen LogP contribution is 2.38. The summed E-state index contributed by atoms with van der Waals surface area (Å²) in [5.41, 5.74) is 1.79. The van der Waals surface area contributed by atoms with Crippen molar-refractivity contribution in [2.75, 3.05) is 11.1 Å². The second-order valence-corrected chi connectivity index (χ2v) is 9.77. The number of carbonyl (C=O) groups excluding carboxylic acids is 1. The van der Waals surface area contributed by atoms with Gasteiger partial charge in [0.05, 0.1) is 11.3 Å². The molecule has 170 valence electrons. The van der Waals surface area contributed by atoms with Crippen LogP contribution in [-0.2, 0) is 30.4 Å². The number of benzene rings is 1. The van der Waals surface area contributed by atoms with Gasteiger partial charge in [0.1, 0.15) is 0 Å². The summed E-state index contributed by atoms with van der Waals surface area (Å²) in [6, 6.07) is 4.61. The fourth-order valence-electron chi connectivity index (χ4n) is 3.85. The number of hydrogen-bond acceptors (Lipinski definition) is 5. The lowest BCUT2D eigenvalue weighted by atomic mass is 9.88. The summed E-state index contributed by atoms with van der Waals surface area (Å²) in [4.78, 5) is 13.8. The highest BCUT2D eigenvalue weighted by atomic mass is 32.2. The lowest BCUT2D eigenvalue weighted by Gasteiger charge is -2.19. The molecule has 1 aliphatic carbocycles. The Morgan fingerprint density at radius 3 is 2.91 bits per heavy atom. The second-order valence-electron chi connectivity index (χ2n) is 7.86. The third kappa shape index (κ3) is 4.85. The molecule has 1 amide bonds. The fraction of sp³-hybridized carbons (Fsp3) is 0.409. The van der Waals surface area contributed by atoms with Gasteiger partial charge in [-0.25, -0.2) is 0 Å². The largest absolute Gasteiger partial charge is 0.416 e. The third-order valence-corrected chi connectivity index (χ3v) is 7.50. The van der Waals surface area contributed by atoms with Crippen molar-refractivity contribution in [2.24, 2.45) is 5.92 Å². The van der Waals surface area contributed by atoms with E-state index in [4.69, 9.17) is 0 Å². The minimum absolute atomic E-state index is 0.0215. The van der Waals surface area contributed by atoms with Gasteiger partial charge >= 0.3 is 6.18 Å². The Morgan fingerprint density at radius 2 is 2.16 bits per heavy atom. The van der Waals surface area contributed by atoms with Crippen LogP contribution in [0.3, 0.4) is 0 Å². The summed E-state index contributed by atoms with van der Waals surface area (Å²) in [6.45, 7) is 4.93. The lowest BCUT2D eigenvalue weighted by Crippen LogP contribution is -2.15. The number of alkyl halides is 3. The zero-order valence-corrected chi connectivity index (χ0v) is 19.3. The van der Waals surface area contributed by atoms with E-state index in [9.17, 15) is 18.0 Å². The highest BCUT2D eigenvalue weighted by Gasteiger charge is 2.30. The molecule has 0 radical (unpaired) electrons. The Hall–Kier alpha value is -2.33. The Balaban J connectivity index is 1.45. The summed E-state index contributed by atoms with van der Waals surface area (Å²) in [5.74, 6) is 1.12. The molecule has 4 rings (SSSR count). The van der Waals surface area contributed by atoms with Gasteiger partial charge in [-0.3, -0.25) is 4.79 Å². The predicted molar refractivity (Wildman–Crippen MR) is 121 cm³/mol. The Bertz CT molecular complexity index is 1120. The minimum Gasteiger partial charge on any atom is -0.325 e. The molecule has 1 aliphatic rings. The molecule has 2 aromatic heterocycles. The SMILES string of the molecule is CCn1c(SCC(=O)Nc2cccc(C(F)(F)F)c2)nnc1-c1csc2c1CCC(C)C2. The van der Waals surface area contributed by atoms with E-state index >= 15 is 0 Å². The monoisotopic (exact) mass is 480 g/mol. The molecule has 0 saturated carbocycles. The summed E-state index contributed by atoms with van der Waals surface area (Å²) >= 11 is 2.99. The Labute approximate surface area is 192 Å². The number of carbonyl (C=O) groups is 1. The van der Waals surface area contributed by atoms with Crippen LogP contribution in [0.25, 0.3) is 11.4 Å². The molecule has 0 spiro atoms. The van der Waals surface area contributed by atoms with Crippen LogP contribution in [0.4, 0.5) is 18.9 Å². The summed E-state index contributed by atoms with van der Waals surface area (Å²) < 4.78 is 40.6.